The summed E-state index contributed by atoms with van der Waals surface area (Å²) in [6.07, 6.45) is 0.522. The molecule has 2 unspecified atom stereocenters. The Morgan fingerprint density at radius 3 is 2.47 bits per heavy atom. The molecule has 3 aromatic carbocycles. The lowest BCUT2D eigenvalue weighted by molar-refractivity contribution is 0.102. The standard InChI is InChI=1S/C25H23N3O3.ClH/c26-25(19-6-2-1-3-7-19)16-22(25)17-9-11-20(12-10-17)27-23(29)18-5-4-8-21(15-18)28-13-14-31-24(28)30;/h1-12,15,22H,13-14,16,26H2,(H,27,29);1H. The molecule has 0 bridgehead atoms. The lowest BCUT2D eigenvalue weighted by Gasteiger charge is -2.14. The van der Waals surface area contributed by atoms with Crippen LogP contribution in [0.1, 0.15) is 33.8 Å². The number of carbonyl (C=O) groups is 2. The van der Waals surface area contributed by atoms with Gasteiger partial charge in [-0.25, -0.2) is 4.79 Å². The molecule has 3 N–H and O–H groups in total. The Labute approximate surface area is 192 Å². The second-order valence-electron chi connectivity index (χ2n) is 8.06. The van der Waals surface area contributed by atoms with Gasteiger partial charge in [-0.3, -0.25) is 9.69 Å². The summed E-state index contributed by atoms with van der Waals surface area (Å²) in [6.45, 7) is 0.842. The summed E-state index contributed by atoms with van der Waals surface area (Å²) in [4.78, 5) is 26.0. The van der Waals surface area contributed by atoms with E-state index in [0.717, 1.165) is 12.0 Å². The zero-order chi connectivity index (χ0) is 21.4. The highest BCUT2D eigenvalue weighted by Gasteiger charge is 2.52. The van der Waals surface area contributed by atoms with Crippen LogP contribution in [0.25, 0.3) is 0 Å². The molecule has 1 heterocycles. The minimum absolute atomic E-state index is 0. The molecule has 0 radical (unpaired) electrons. The number of carbonyl (C=O) groups excluding carboxylic acids is 2. The quantitative estimate of drug-likeness (QED) is 0.593. The topological polar surface area (TPSA) is 84.7 Å². The monoisotopic (exact) mass is 449 g/mol. The number of amides is 2. The Bertz CT molecular complexity index is 1140. The van der Waals surface area contributed by atoms with E-state index in [4.69, 9.17) is 10.5 Å². The molecular formula is C25H24ClN3O3. The van der Waals surface area contributed by atoms with E-state index < -0.39 is 0 Å². The zero-order valence-corrected chi connectivity index (χ0v) is 18.2. The van der Waals surface area contributed by atoms with Gasteiger partial charge in [-0.2, -0.15) is 0 Å². The van der Waals surface area contributed by atoms with Crippen LogP contribution in [0.4, 0.5) is 16.2 Å². The summed E-state index contributed by atoms with van der Waals surface area (Å²) in [6, 6.07) is 25.0. The first-order chi connectivity index (χ1) is 15.0. The van der Waals surface area contributed by atoms with E-state index in [1.54, 1.807) is 24.3 Å². The molecule has 6 nitrogen and oxygen atoms in total. The molecule has 2 fully saturated rings. The Morgan fingerprint density at radius 1 is 1.03 bits per heavy atom. The van der Waals surface area contributed by atoms with Crippen molar-refractivity contribution < 1.29 is 14.3 Å². The fourth-order valence-corrected chi connectivity index (χ4v) is 4.21. The van der Waals surface area contributed by atoms with Gasteiger partial charge < -0.3 is 15.8 Å². The van der Waals surface area contributed by atoms with Crippen LogP contribution >= 0.6 is 12.4 Å². The molecule has 2 amide bonds. The maximum Gasteiger partial charge on any atom is 0.414 e. The van der Waals surface area contributed by atoms with Crippen molar-refractivity contribution >= 4 is 35.8 Å². The number of nitrogens with one attached hydrogen (secondary N) is 1. The highest BCUT2D eigenvalue weighted by molar-refractivity contribution is 6.05. The lowest BCUT2D eigenvalue weighted by Crippen LogP contribution is -2.23. The van der Waals surface area contributed by atoms with E-state index in [0.29, 0.717) is 30.1 Å². The number of nitrogens with two attached hydrogens (primary N) is 1. The van der Waals surface area contributed by atoms with Gasteiger partial charge in [0, 0.05) is 28.4 Å². The number of halogens is 1. The molecule has 3 aromatic rings. The van der Waals surface area contributed by atoms with E-state index in [1.165, 1.54) is 10.5 Å². The molecule has 7 heteroatoms. The number of benzene rings is 3. The van der Waals surface area contributed by atoms with Crippen LogP contribution in [-0.4, -0.2) is 25.2 Å². The van der Waals surface area contributed by atoms with E-state index in [-0.39, 0.29) is 35.9 Å². The molecule has 164 valence electrons. The Balaban J connectivity index is 0.00000245. The molecule has 1 aliphatic carbocycles. The van der Waals surface area contributed by atoms with Gasteiger partial charge >= 0.3 is 6.09 Å². The van der Waals surface area contributed by atoms with Crippen molar-refractivity contribution in [3.63, 3.8) is 0 Å². The molecule has 2 aliphatic rings. The normalized spacial score (nSPS) is 21.5. The maximum absolute atomic E-state index is 12.7. The summed E-state index contributed by atoms with van der Waals surface area (Å²) >= 11 is 0. The van der Waals surface area contributed by atoms with Gasteiger partial charge in [0.1, 0.15) is 6.61 Å². The van der Waals surface area contributed by atoms with Crippen LogP contribution in [0.5, 0.6) is 0 Å². The van der Waals surface area contributed by atoms with Gasteiger partial charge in [0.05, 0.1) is 6.54 Å². The van der Waals surface area contributed by atoms with Crippen LogP contribution in [0.3, 0.4) is 0 Å². The number of ether oxygens (including phenoxy) is 1. The fourth-order valence-electron chi connectivity index (χ4n) is 4.21. The van der Waals surface area contributed by atoms with Gasteiger partial charge in [-0.05, 0) is 47.9 Å². The van der Waals surface area contributed by atoms with E-state index in [1.807, 2.05) is 42.5 Å². The number of anilines is 2. The number of cyclic esters (lactones) is 1. The second kappa shape index (κ2) is 8.65. The summed E-state index contributed by atoms with van der Waals surface area (Å²) in [7, 11) is 0. The number of nitrogens with zero attached hydrogens (tertiary/aromatic N) is 1. The van der Waals surface area contributed by atoms with Crippen molar-refractivity contribution in [2.24, 2.45) is 5.73 Å². The van der Waals surface area contributed by atoms with Crippen molar-refractivity contribution in [2.45, 2.75) is 17.9 Å². The second-order valence-corrected chi connectivity index (χ2v) is 8.06. The minimum atomic E-state index is -0.389. The molecule has 32 heavy (non-hydrogen) atoms. The summed E-state index contributed by atoms with van der Waals surface area (Å²) < 4.78 is 4.97. The van der Waals surface area contributed by atoms with Crippen LogP contribution in [0.15, 0.2) is 78.9 Å². The molecule has 0 aromatic heterocycles. The molecule has 1 saturated heterocycles. The molecule has 5 rings (SSSR count). The van der Waals surface area contributed by atoms with Crippen molar-refractivity contribution in [3.8, 4) is 0 Å². The van der Waals surface area contributed by atoms with Crippen LogP contribution in [-0.2, 0) is 10.3 Å². The Kier molecular flexibility index (Phi) is 5.91. The smallest absolute Gasteiger partial charge is 0.414 e. The number of rotatable bonds is 5. The van der Waals surface area contributed by atoms with Gasteiger partial charge in [-0.1, -0.05) is 48.5 Å². The molecular weight excluding hydrogens is 426 g/mol. The predicted octanol–water partition coefficient (Wildman–Crippen LogP) is 4.66. The summed E-state index contributed by atoms with van der Waals surface area (Å²) in [5.74, 6) is 0.0441. The fraction of sp³-hybridized carbons (Fsp3) is 0.200. The Hall–Kier alpha value is -3.35. The maximum atomic E-state index is 12.7. The van der Waals surface area contributed by atoms with Crippen LogP contribution in [0.2, 0.25) is 0 Å². The van der Waals surface area contributed by atoms with Gasteiger partial charge in [0.2, 0.25) is 0 Å². The first-order valence-corrected chi connectivity index (χ1v) is 10.3. The van der Waals surface area contributed by atoms with E-state index in [9.17, 15) is 9.59 Å². The molecule has 1 saturated carbocycles. The van der Waals surface area contributed by atoms with Crippen molar-refractivity contribution in [1.82, 2.24) is 0 Å². The van der Waals surface area contributed by atoms with Crippen molar-refractivity contribution in [3.05, 3.63) is 95.6 Å². The third-order valence-corrected chi connectivity index (χ3v) is 6.07. The third kappa shape index (κ3) is 4.07. The first-order valence-electron chi connectivity index (χ1n) is 10.3. The molecule has 0 spiro atoms. The van der Waals surface area contributed by atoms with Gasteiger partial charge in [-0.15, -0.1) is 12.4 Å². The van der Waals surface area contributed by atoms with Crippen molar-refractivity contribution in [1.29, 1.82) is 0 Å². The number of hydrogen-bond donors (Lipinski definition) is 2. The van der Waals surface area contributed by atoms with Crippen LogP contribution < -0.4 is 16.0 Å². The van der Waals surface area contributed by atoms with Crippen molar-refractivity contribution in [2.75, 3.05) is 23.4 Å². The van der Waals surface area contributed by atoms with E-state index in [2.05, 4.69) is 17.4 Å². The largest absolute Gasteiger partial charge is 0.447 e. The lowest BCUT2D eigenvalue weighted by atomic mass is 9.99. The summed E-state index contributed by atoms with van der Waals surface area (Å²) in [5, 5.41) is 2.92. The van der Waals surface area contributed by atoms with Crippen LogP contribution in [0, 0.1) is 0 Å². The zero-order valence-electron chi connectivity index (χ0n) is 17.4. The molecule has 1 aliphatic heterocycles. The first kappa shape index (κ1) is 21.9. The van der Waals surface area contributed by atoms with Gasteiger partial charge in [0.15, 0.2) is 0 Å². The predicted molar refractivity (Wildman–Crippen MR) is 126 cm³/mol. The third-order valence-electron chi connectivity index (χ3n) is 6.07. The number of hydrogen-bond acceptors (Lipinski definition) is 4. The Morgan fingerprint density at radius 2 is 1.78 bits per heavy atom. The average molecular weight is 450 g/mol. The van der Waals surface area contributed by atoms with Gasteiger partial charge in [0.25, 0.3) is 5.91 Å². The SMILES string of the molecule is Cl.NC1(c2ccccc2)CC1c1ccc(NC(=O)c2cccc(N3CCOC3=O)c2)cc1. The summed E-state index contributed by atoms with van der Waals surface area (Å²) in [5.41, 5.74) is 10.5. The average Bonchev–Trinajstić information content (AvgIpc) is 3.32. The molecule has 2 atom stereocenters. The highest BCUT2D eigenvalue weighted by Crippen LogP contribution is 2.56. The minimum Gasteiger partial charge on any atom is -0.447 e. The van der Waals surface area contributed by atoms with E-state index >= 15 is 0 Å². The highest BCUT2D eigenvalue weighted by atomic mass is 35.5.